The molecule has 2 aromatic heterocycles. The van der Waals surface area contributed by atoms with E-state index < -0.39 is 0 Å². The molecule has 0 saturated carbocycles. The number of para-hydroxylation sites is 1. The summed E-state index contributed by atoms with van der Waals surface area (Å²) in [6, 6.07) is 21.6. The summed E-state index contributed by atoms with van der Waals surface area (Å²) in [7, 11) is 0. The zero-order chi connectivity index (χ0) is 17.1. The van der Waals surface area contributed by atoms with Crippen molar-refractivity contribution in [3.63, 3.8) is 0 Å². The Balaban J connectivity index is 1.74. The maximum Gasteiger partial charge on any atom is 0.227 e. The van der Waals surface area contributed by atoms with Gasteiger partial charge in [0.25, 0.3) is 0 Å². The Labute approximate surface area is 145 Å². The minimum absolute atomic E-state index is 0.531. The highest BCUT2D eigenvalue weighted by molar-refractivity contribution is 5.80. The molecular weight excluding hydrogens is 312 g/mol. The van der Waals surface area contributed by atoms with Crippen LogP contribution in [0.2, 0.25) is 0 Å². The van der Waals surface area contributed by atoms with Gasteiger partial charge in [0.05, 0.1) is 11.3 Å². The summed E-state index contributed by atoms with van der Waals surface area (Å²) < 4.78 is 5.43. The minimum Gasteiger partial charge on any atom is -0.360 e. The highest BCUT2D eigenvalue weighted by Gasteiger charge is 2.18. The molecule has 0 fully saturated rings. The van der Waals surface area contributed by atoms with Gasteiger partial charge in [0.2, 0.25) is 5.95 Å². The lowest BCUT2D eigenvalue weighted by Crippen LogP contribution is -1.98. The monoisotopic (exact) mass is 328 g/mol. The van der Waals surface area contributed by atoms with E-state index in [0.717, 1.165) is 34.0 Å². The van der Waals surface area contributed by atoms with Crippen LogP contribution in [0.3, 0.4) is 0 Å². The first-order valence-corrected chi connectivity index (χ1v) is 7.98. The van der Waals surface area contributed by atoms with E-state index in [-0.39, 0.29) is 0 Å². The molecular formula is C20H16N4O. The van der Waals surface area contributed by atoms with Crippen molar-refractivity contribution < 1.29 is 4.52 Å². The molecule has 25 heavy (non-hydrogen) atoms. The van der Waals surface area contributed by atoms with Crippen molar-refractivity contribution in [3.8, 4) is 22.5 Å². The molecule has 2 aromatic carbocycles. The van der Waals surface area contributed by atoms with E-state index in [1.807, 2.05) is 73.7 Å². The Morgan fingerprint density at radius 1 is 0.880 bits per heavy atom. The van der Waals surface area contributed by atoms with Gasteiger partial charge in [-0.15, -0.1) is 0 Å². The molecule has 0 bridgehead atoms. The lowest BCUT2D eigenvalue weighted by molar-refractivity contribution is 0.400. The van der Waals surface area contributed by atoms with Crippen molar-refractivity contribution in [2.24, 2.45) is 0 Å². The fourth-order valence-corrected chi connectivity index (χ4v) is 2.68. The second-order valence-electron chi connectivity index (χ2n) is 5.58. The van der Waals surface area contributed by atoms with Crippen LogP contribution in [0.25, 0.3) is 22.5 Å². The van der Waals surface area contributed by atoms with Crippen molar-refractivity contribution in [3.05, 3.63) is 78.7 Å². The van der Waals surface area contributed by atoms with Crippen molar-refractivity contribution in [2.45, 2.75) is 6.92 Å². The summed E-state index contributed by atoms with van der Waals surface area (Å²) in [5.74, 6) is 1.26. The van der Waals surface area contributed by atoms with Gasteiger partial charge < -0.3 is 9.84 Å². The fraction of sp³-hybridized carbons (Fsp3) is 0.0500. The van der Waals surface area contributed by atoms with Gasteiger partial charge in [0.1, 0.15) is 11.5 Å². The largest absolute Gasteiger partial charge is 0.360 e. The standard InChI is InChI=1S/C20H16N4O/c1-14-18(19(24-25-14)15-8-4-2-5-9-15)17-12-13-21-20(23-17)22-16-10-6-3-7-11-16/h2-13H,1H3,(H,21,22,23). The van der Waals surface area contributed by atoms with E-state index in [1.54, 1.807) is 6.20 Å². The smallest absolute Gasteiger partial charge is 0.227 e. The molecule has 0 atom stereocenters. The molecule has 0 aliphatic carbocycles. The molecule has 4 rings (SSSR count). The van der Waals surface area contributed by atoms with Crippen molar-refractivity contribution in [1.29, 1.82) is 0 Å². The molecule has 2 heterocycles. The molecule has 0 unspecified atom stereocenters. The minimum atomic E-state index is 0.531. The van der Waals surface area contributed by atoms with Crippen molar-refractivity contribution >= 4 is 11.6 Å². The number of aromatic nitrogens is 3. The van der Waals surface area contributed by atoms with Crippen LogP contribution in [0.5, 0.6) is 0 Å². The van der Waals surface area contributed by atoms with Crippen LogP contribution in [0.4, 0.5) is 11.6 Å². The first kappa shape index (κ1) is 15.1. The molecule has 0 radical (unpaired) electrons. The first-order valence-electron chi connectivity index (χ1n) is 7.98. The second-order valence-corrected chi connectivity index (χ2v) is 5.58. The van der Waals surface area contributed by atoms with Gasteiger partial charge >= 0.3 is 0 Å². The summed E-state index contributed by atoms with van der Waals surface area (Å²) >= 11 is 0. The van der Waals surface area contributed by atoms with E-state index in [4.69, 9.17) is 4.52 Å². The van der Waals surface area contributed by atoms with Crippen LogP contribution >= 0.6 is 0 Å². The summed E-state index contributed by atoms with van der Waals surface area (Å²) in [5.41, 5.74) is 4.36. The van der Waals surface area contributed by atoms with Gasteiger partial charge in [-0.2, -0.15) is 0 Å². The molecule has 0 aliphatic heterocycles. The highest BCUT2D eigenvalue weighted by atomic mass is 16.5. The van der Waals surface area contributed by atoms with Gasteiger partial charge in [-0.3, -0.25) is 0 Å². The average Bonchev–Trinajstić information content (AvgIpc) is 3.05. The molecule has 5 heteroatoms. The zero-order valence-electron chi connectivity index (χ0n) is 13.7. The number of rotatable bonds is 4. The number of nitrogens with one attached hydrogen (secondary N) is 1. The summed E-state index contributed by atoms with van der Waals surface area (Å²) in [6.07, 6.45) is 1.73. The van der Waals surface area contributed by atoms with Crippen molar-refractivity contribution in [1.82, 2.24) is 15.1 Å². The van der Waals surface area contributed by atoms with Gasteiger partial charge in [-0.05, 0) is 25.1 Å². The van der Waals surface area contributed by atoms with E-state index in [1.165, 1.54) is 0 Å². The molecule has 0 amide bonds. The molecule has 0 aliphatic rings. The number of anilines is 2. The van der Waals surface area contributed by atoms with E-state index in [9.17, 15) is 0 Å². The number of benzene rings is 2. The fourth-order valence-electron chi connectivity index (χ4n) is 2.68. The summed E-state index contributed by atoms with van der Waals surface area (Å²) in [5, 5.41) is 7.43. The predicted molar refractivity (Wildman–Crippen MR) is 97.4 cm³/mol. The third-order valence-corrected chi connectivity index (χ3v) is 3.85. The molecule has 0 spiro atoms. The Kier molecular flexibility index (Phi) is 3.96. The Morgan fingerprint density at radius 3 is 2.36 bits per heavy atom. The van der Waals surface area contributed by atoms with Crippen LogP contribution in [0.15, 0.2) is 77.4 Å². The topological polar surface area (TPSA) is 63.8 Å². The first-order chi connectivity index (χ1) is 12.3. The van der Waals surface area contributed by atoms with Crippen LogP contribution in [0, 0.1) is 6.92 Å². The van der Waals surface area contributed by atoms with Gasteiger partial charge in [-0.1, -0.05) is 53.7 Å². The predicted octanol–water partition coefficient (Wildman–Crippen LogP) is 4.85. The normalized spacial score (nSPS) is 10.6. The molecule has 4 aromatic rings. The van der Waals surface area contributed by atoms with Crippen LogP contribution in [0.1, 0.15) is 5.76 Å². The number of aryl methyl sites for hydroxylation is 1. The summed E-state index contributed by atoms with van der Waals surface area (Å²) in [6.45, 7) is 1.89. The number of nitrogens with zero attached hydrogens (tertiary/aromatic N) is 3. The Morgan fingerprint density at radius 2 is 1.60 bits per heavy atom. The van der Waals surface area contributed by atoms with Crippen LogP contribution in [-0.2, 0) is 0 Å². The number of hydrogen-bond donors (Lipinski definition) is 1. The Hall–Kier alpha value is -3.47. The maximum absolute atomic E-state index is 5.43. The van der Waals surface area contributed by atoms with Crippen LogP contribution < -0.4 is 5.32 Å². The van der Waals surface area contributed by atoms with Crippen LogP contribution in [-0.4, -0.2) is 15.1 Å². The maximum atomic E-state index is 5.43. The highest BCUT2D eigenvalue weighted by Crippen LogP contribution is 2.33. The third kappa shape index (κ3) is 3.12. The quantitative estimate of drug-likeness (QED) is 0.580. The third-order valence-electron chi connectivity index (χ3n) is 3.85. The average molecular weight is 328 g/mol. The summed E-state index contributed by atoms with van der Waals surface area (Å²) in [4.78, 5) is 8.94. The molecule has 0 saturated heterocycles. The molecule has 5 nitrogen and oxygen atoms in total. The molecule has 122 valence electrons. The van der Waals surface area contributed by atoms with Gasteiger partial charge in [-0.25, -0.2) is 9.97 Å². The zero-order valence-corrected chi connectivity index (χ0v) is 13.7. The van der Waals surface area contributed by atoms with Gasteiger partial charge in [0.15, 0.2) is 0 Å². The SMILES string of the molecule is Cc1onc(-c2ccccc2)c1-c1ccnc(Nc2ccccc2)n1. The lowest BCUT2D eigenvalue weighted by atomic mass is 10.0. The van der Waals surface area contributed by atoms with E-state index >= 15 is 0 Å². The van der Waals surface area contributed by atoms with E-state index in [0.29, 0.717) is 5.95 Å². The number of hydrogen-bond acceptors (Lipinski definition) is 5. The van der Waals surface area contributed by atoms with Crippen molar-refractivity contribution in [2.75, 3.05) is 5.32 Å². The Bertz CT molecular complexity index is 981. The van der Waals surface area contributed by atoms with Gasteiger partial charge in [0, 0.05) is 17.4 Å². The van der Waals surface area contributed by atoms with E-state index in [2.05, 4.69) is 20.4 Å². The second kappa shape index (κ2) is 6.57. The lowest BCUT2D eigenvalue weighted by Gasteiger charge is -2.07. The molecule has 1 N–H and O–H groups in total.